The molecule has 0 spiro atoms. The summed E-state index contributed by atoms with van der Waals surface area (Å²) in [7, 11) is 0. The van der Waals surface area contributed by atoms with Crippen LogP contribution in [-0.2, 0) is 0 Å². The van der Waals surface area contributed by atoms with Gasteiger partial charge in [-0.15, -0.1) is 0 Å². The van der Waals surface area contributed by atoms with E-state index in [2.05, 4.69) is 152 Å². The monoisotopic (exact) mass is 582 g/mol. The molecule has 1 aromatic heterocycles. The molecule has 0 fully saturated rings. The molecule has 46 heavy (non-hydrogen) atoms. The van der Waals surface area contributed by atoms with Gasteiger partial charge in [0.05, 0.1) is 22.8 Å². The first kappa shape index (κ1) is 26.1. The molecule has 212 valence electrons. The van der Waals surface area contributed by atoms with Crippen molar-refractivity contribution in [1.29, 1.82) is 5.26 Å². The molecule has 0 unspecified atom stereocenters. The maximum atomic E-state index is 9.46. The number of aromatic nitrogens is 1. The van der Waals surface area contributed by atoms with Crippen molar-refractivity contribution in [3.8, 4) is 39.6 Å². The Kier molecular flexibility index (Phi) is 5.91. The fourth-order valence-corrected chi connectivity index (χ4v) is 7.28. The third-order valence-electron chi connectivity index (χ3n) is 9.26. The summed E-state index contributed by atoms with van der Waals surface area (Å²) in [6.07, 6.45) is 0. The molecule has 0 aliphatic rings. The molecule has 2 heteroatoms. The lowest BCUT2D eigenvalue weighted by molar-refractivity contribution is 1.43. The zero-order valence-electron chi connectivity index (χ0n) is 24.9. The zero-order valence-corrected chi connectivity index (χ0v) is 24.9. The summed E-state index contributed by atoms with van der Waals surface area (Å²) in [6.45, 7) is 0. The van der Waals surface area contributed by atoms with Gasteiger partial charge in [-0.1, -0.05) is 133 Å². The van der Waals surface area contributed by atoms with E-state index in [4.69, 9.17) is 4.98 Å². The Balaban J connectivity index is 1.48. The molecule has 0 aliphatic heterocycles. The van der Waals surface area contributed by atoms with Crippen molar-refractivity contribution >= 4 is 54.0 Å². The second-order valence-corrected chi connectivity index (χ2v) is 11.8. The van der Waals surface area contributed by atoms with Crippen LogP contribution in [0.5, 0.6) is 0 Å². The number of nitriles is 1. The Morgan fingerprint density at radius 3 is 1.57 bits per heavy atom. The van der Waals surface area contributed by atoms with Crippen LogP contribution in [0.3, 0.4) is 0 Å². The van der Waals surface area contributed by atoms with Crippen molar-refractivity contribution in [1.82, 2.24) is 4.98 Å². The van der Waals surface area contributed by atoms with Crippen LogP contribution in [0.4, 0.5) is 0 Å². The van der Waals surface area contributed by atoms with Gasteiger partial charge in [0.1, 0.15) is 0 Å². The minimum atomic E-state index is 0.659. The van der Waals surface area contributed by atoms with E-state index in [1.165, 1.54) is 54.4 Å². The Labute approximate surface area is 266 Å². The molecule has 0 aliphatic carbocycles. The number of hydrogen-bond donors (Lipinski definition) is 0. The van der Waals surface area contributed by atoms with Crippen LogP contribution in [0.2, 0.25) is 0 Å². The van der Waals surface area contributed by atoms with Crippen LogP contribution in [0.15, 0.2) is 158 Å². The topological polar surface area (TPSA) is 36.7 Å². The Morgan fingerprint density at radius 2 is 0.935 bits per heavy atom. The third-order valence-corrected chi connectivity index (χ3v) is 9.26. The fraction of sp³-hybridized carbons (Fsp3) is 0. The predicted octanol–water partition coefficient (Wildman–Crippen LogP) is 11.7. The molecule has 0 radical (unpaired) electrons. The highest BCUT2D eigenvalue weighted by atomic mass is 14.7. The van der Waals surface area contributed by atoms with Gasteiger partial charge < -0.3 is 0 Å². The first-order chi connectivity index (χ1) is 22.8. The van der Waals surface area contributed by atoms with Gasteiger partial charge in [-0.2, -0.15) is 5.26 Å². The van der Waals surface area contributed by atoms with E-state index >= 15 is 0 Å². The van der Waals surface area contributed by atoms with Crippen LogP contribution in [0.25, 0.3) is 87.5 Å². The predicted molar refractivity (Wildman–Crippen MR) is 193 cm³/mol. The van der Waals surface area contributed by atoms with E-state index < -0.39 is 0 Å². The van der Waals surface area contributed by atoms with Crippen molar-refractivity contribution in [3.05, 3.63) is 163 Å². The van der Waals surface area contributed by atoms with Gasteiger partial charge in [-0.25, -0.2) is 4.98 Å². The minimum Gasteiger partial charge on any atom is -0.247 e. The Bertz CT molecular complexity index is 2620. The number of para-hydroxylation sites is 1. The average molecular weight is 583 g/mol. The number of hydrogen-bond acceptors (Lipinski definition) is 2. The number of nitrogens with zero attached hydrogens (tertiary/aromatic N) is 2. The molecule has 9 aromatic rings. The summed E-state index contributed by atoms with van der Waals surface area (Å²) >= 11 is 0. The average Bonchev–Trinajstić information content (AvgIpc) is 3.13. The van der Waals surface area contributed by atoms with Crippen molar-refractivity contribution in [3.63, 3.8) is 0 Å². The zero-order chi connectivity index (χ0) is 30.6. The van der Waals surface area contributed by atoms with Gasteiger partial charge in [-0.05, 0) is 78.8 Å². The van der Waals surface area contributed by atoms with Gasteiger partial charge in [0.15, 0.2) is 0 Å². The summed E-state index contributed by atoms with van der Waals surface area (Å²) in [5, 5.41) is 20.2. The maximum absolute atomic E-state index is 9.46. The SMILES string of the molecule is N#Cc1ccc(-c2c3ccccc3c(-c3cc4c(-c5ccccc5)nc5ccccc5c4c4ccccc34)c3ccccc23)cc1. The summed E-state index contributed by atoms with van der Waals surface area (Å²) in [6, 6.07) is 57.9. The lowest BCUT2D eigenvalue weighted by Gasteiger charge is -2.20. The first-order valence-electron chi connectivity index (χ1n) is 15.5. The highest BCUT2D eigenvalue weighted by molar-refractivity contribution is 6.29. The summed E-state index contributed by atoms with van der Waals surface area (Å²) < 4.78 is 0. The van der Waals surface area contributed by atoms with E-state index in [1.807, 2.05) is 12.1 Å². The maximum Gasteiger partial charge on any atom is 0.0991 e. The van der Waals surface area contributed by atoms with Crippen molar-refractivity contribution in [2.45, 2.75) is 0 Å². The molecule has 0 amide bonds. The first-order valence-corrected chi connectivity index (χ1v) is 15.5. The van der Waals surface area contributed by atoms with Crippen LogP contribution >= 0.6 is 0 Å². The van der Waals surface area contributed by atoms with Crippen molar-refractivity contribution in [2.24, 2.45) is 0 Å². The van der Waals surface area contributed by atoms with E-state index in [0.717, 1.165) is 33.1 Å². The molecule has 8 aromatic carbocycles. The largest absolute Gasteiger partial charge is 0.247 e. The molecular weight excluding hydrogens is 556 g/mol. The van der Waals surface area contributed by atoms with Crippen LogP contribution < -0.4 is 0 Å². The summed E-state index contributed by atoms with van der Waals surface area (Å²) in [4.78, 5) is 5.28. The molecule has 1 heterocycles. The molecule has 0 N–H and O–H groups in total. The number of pyridine rings is 1. The van der Waals surface area contributed by atoms with Gasteiger partial charge in [0.2, 0.25) is 0 Å². The van der Waals surface area contributed by atoms with Gasteiger partial charge >= 0.3 is 0 Å². The summed E-state index contributed by atoms with van der Waals surface area (Å²) in [5.41, 5.74) is 8.44. The van der Waals surface area contributed by atoms with E-state index in [0.29, 0.717) is 5.56 Å². The summed E-state index contributed by atoms with van der Waals surface area (Å²) in [5.74, 6) is 0. The molecule has 0 saturated heterocycles. The number of fused-ring (bicyclic) bond motifs is 7. The second-order valence-electron chi connectivity index (χ2n) is 11.8. The second kappa shape index (κ2) is 10.4. The normalized spacial score (nSPS) is 11.5. The smallest absolute Gasteiger partial charge is 0.0991 e. The number of benzene rings is 8. The quantitative estimate of drug-likeness (QED) is 0.153. The van der Waals surface area contributed by atoms with Crippen LogP contribution in [0, 0.1) is 11.3 Å². The van der Waals surface area contributed by atoms with Crippen LogP contribution in [-0.4, -0.2) is 4.98 Å². The van der Waals surface area contributed by atoms with Crippen molar-refractivity contribution < 1.29 is 0 Å². The lowest BCUT2D eigenvalue weighted by Crippen LogP contribution is -1.95. The van der Waals surface area contributed by atoms with Crippen molar-refractivity contribution in [2.75, 3.05) is 0 Å². The van der Waals surface area contributed by atoms with Gasteiger partial charge in [0, 0.05) is 21.7 Å². The highest BCUT2D eigenvalue weighted by Crippen LogP contribution is 2.48. The Hall–Kier alpha value is -6.30. The lowest BCUT2D eigenvalue weighted by atomic mass is 9.83. The van der Waals surface area contributed by atoms with E-state index in [1.54, 1.807) is 0 Å². The highest BCUT2D eigenvalue weighted by Gasteiger charge is 2.21. The van der Waals surface area contributed by atoms with Gasteiger partial charge in [-0.3, -0.25) is 0 Å². The Morgan fingerprint density at radius 1 is 0.413 bits per heavy atom. The molecule has 0 saturated carbocycles. The molecule has 2 nitrogen and oxygen atoms in total. The molecule has 9 rings (SSSR count). The van der Waals surface area contributed by atoms with E-state index in [9.17, 15) is 5.26 Å². The fourth-order valence-electron chi connectivity index (χ4n) is 7.28. The van der Waals surface area contributed by atoms with Crippen LogP contribution in [0.1, 0.15) is 5.56 Å². The molecular formula is C44H26N2. The van der Waals surface area contributed by atoms with Gasteiger partial charge in [0.25, 0.3) is 0 Å². The molecule has 0 atom stereocenters. The molecule has 0 bridgehead atoms. The minimum absolute atomic E-state index is 0.659. The number of rotatable bonds is 3. The third kappa shape index (κ3) is 3.93. The van der Waals surface area contributed by atoms with E-state index in [-0.39, 0.29) is 0 Å². The standard InChI is InChI=1S/C44H26N2/c45-27-28-22-24-29(25-23-28)41-33-16-6-8-18-35(33)42(36-19-9-7-17-34(36)41)38-26-39-43(32-15-5-4-14-31(32)38)37-20-10-11-21-40(37)46-44(39)30-12-2-1-3-13-30/h1-26H.